The normalized spacial score (nSPS) is 16.6. The Balaban J connectivity index is 2.11. The van der Waals surface area contributed by atoms with Gasteiger partial charge in [0.05, 0.1) is 17.3 Å². The van der Waals surface area contributed by atoms with E-state index in [4.69, 9.17) is 22.1 Å². The second kappa shape index (κ2) is 5.69. The van der Waals surface area contributed by atoms with E-state index in [-0.39, 0.29) is 11.4 Å². The number of benzene rings is 1. The van der Waals surface area contributed by atoms with Crippen molar-refractivity contribution >= 4 is 39.1 Å². The molecule has 0 bridgehead atoms. The monoisotopic (exact) mass is 346 g/mol. The maximum Gasteiger partial charge on any atom is 0.226 e. The topological polar surface area (TPSA) is 64.3 Å². The minimum atomic E-state index is -0.340. The van der Waals surface area contributed by atoms with Crippen molar-refractivity contribution in [1.82, 2.24) is 0 Å². The first-order valence-electron chi connectivity index (χ1n) is 6.05. The summed E-state index contributed by atoms with van der Waals surface area (Å²) in [7, 11) is 1.54. The molecule has 1 aromatic rings. The number of carbonyl (C=O) groups excluding carboxylic acids is 1. The van der Waals surface area contributed by atoms with Gasteiger partial charge < -0.3 is 15.8 Å². The van der Waals surface area contributed by atoms with Gasteiger partial charge in [0, 0.05) is 17.0 Å². The molecule has 0 saturated heterocycles. The van der Waals surface area contributed by atoms with E-state index in [1.54, 1.807) is 19.2 Å². The Morgan fingerprint density at radius 2 is 2.26 bits per heavy atom. The van der Waals surface area contributed by atoms with Gasteiger partial charge in [0.2, 0.25) is 5.91 Å². The lowest BCUT2D eigenvalue weighted by Crippen LogP contribution is -2.48. The molecule has 1 aliphatic rings. The van der Waals surface area contributed by atoms with Crippen molar-refractivity contribution in [2.75, 3.05) is 12.4 Å². The van der Waals surface area contributed by atoms with E-state index in [2.05, 4.69) is 21.2 Å². The van der Waals surface area contributed by atoms with Crippen LogP contribution in [0, 0.1) is 0 Å². The molecule has 0 heterocycles. The van der Waals surface area contributed by atoms with Gasteiger partial charge in [0.25, 0.3) is 0 Å². The molecule has 3 N–H and O–H groups in total. The fraction of sp³-hybridized carbons (Fsp3) is 0.462. The number of amides is 1. The Labute approximate surface area is 125 Å². The van der Waals surface area contributed by atoms with Crippen LogP contribution in [0.2, 0.25) is 5.02 Å². The third kappa shape index (κ3) is 3.41. The lowest BCUT2D eigenvalue weighted by Gasteiger charge is -2.37. The smallest absolute Gasteiger partial charge is 0.226 e. The van der Waals surface area contributed by atoms with Gasteiger partial charge in [-0.1, -0.05) is 11.6 Å². The number of rotatable bonds is 4. The van der Waals surface area contributed by atoms with E-state index in [0.29, 0.717) is 27.4 Å². The van der Waals surface area contributed by atoms with Crippen molar-refractivity contribution in [2.45, 2.75) is 31.2 Å². The summed E-state index contributed by atoms with van der Waals surface area (Å²) in [5.74, 6) is 0.437. The maximum atomic E-state index is 12.0. The fourth-order valence-electron chi connectivity index (χ4n) is 2.18. The third-order valence-corrected chi connectivity index (χ3v) is 4.16. The van der Waals surface area contributed by atoms with Crippen LogP contribution in [0.4, 0.5) is 5.69 Å². The number of ether oxygens (including phenoxy) is 1. The van der Waals surface area contributed by atoms with Crippen molar-refractivity contribution in [1.29, 1.82) is 0 Å². The summed E-state index contributed by atoms with van der Waals surface area (Å²) in [5, 5.41) is 3.33. The minimum Gasteiger partial charge on any atom is -0.493 e. The predicted molar refractivity (Wildman–Crippen MR) is 79.7 cm³/mol. The summed E-state index contributed by atoms with van der Waals surface area (Å²) in [6, 6.07) is 3.37. The number of hydrogen-bond acceptors (Lipinski definition) is 3. The van der Waals surface area contributed by atoms with Crippen LogP contribution in [0.15, 0.2) is 16.6 Å². The van der Waals surface area contributed by atoms with Crippen molar-refractivity contribution in [2.24, 2.45) is 5.73 Å². The predicted octanol–water partition coefficient (Wildman–Crippen LogP) is 3.32. The van der Waals surface area contributed by atoms with E-state index in [0.717, 1.165) is 19.3 Å². The molecule has 1 fully saturated rings. The SMILES string of the molecule is COc1c(Br)cc(Cl)cc1NC(=O)CC1(N)CCC1. The number of methoxy groups -OCH3 is 1. The van der Waals surface area contributed by atoms with Gasteiger partial charge in [-0.15, -0.1) is 0 Å². The zero-order valence-electron chi connectivity index (χ0n) is 10.6. The Hall–Kier alpha value is -0.780. The molecule has 4 nitrogen and oxygen atoms in total. The van der Waals surface area contributed by atoms with E-state index >= 15 is 0 Å². The number of anilines is 1. The zero-order valence-corrected chi connectivity index (χ0v) is 13.0. The summed E-state index contributed by atoms with van der Waals surface area (Å²) in [5.41, 5.74) is 6.27. The highest BCUT2D eigenvalue weighted by molar-refractivity contribution is 9.10. The second-order valence-corrected chi connectivity index (χ2v) is 6.20. The van der Waals surface area contributed by atoms with Gasteiger partial charge >= 0.3 is 0 Å². The van der Waals surface area contributed by atoms with Gasteiger partial charge in [-0.05, 0) is 47.3 Å². The molecular weight excluding hydrogens is 332 g/mol. The van der Waals surface area contributed by atoms with Gasteiger partial charge in [-0.25, -0.2) is 0 Å². The fourth-order valence-corrected chi connectivity index (χ4v) is 3.15. The number of halogens is 2. The van der Waals surface area contributed by atoms with E-state index in [1.807, 2.05) is 0 Å². The standard InChI is InChI=1S/C13H16BrClN2O2/c1-19-12-9(14)5-8(15)6-10(12)17-11(18)7-13(16)3-2-4-13/h5-6H,2-4,7,16H2,1H3,(H,17,18). The Kier molecular flexibility index (Phi) is 4.38. The highest BCUT2D eigenvalue weighted by Crippen LogP contribution is 2.37. The highest BCUT2D eigenvalue weighted by atomic mass is 79.9. The van der Waals surface area contributed by atoms with Gasteiger partial charge in [-0.2, -0.15) is 0 Å². The van der Waals surface area contributed by atoms with Crippen LogP contribution >= 0.6 is 27.5 Å². The molecule has 1 saturated carbocycles. The van der Waals surface area contributed by atoms with E-state index in [9.17, 15) is 4.79 Å². The molecule has 0 aromatic heterocycles. The molecule has 104 valence electrons. The molecule has 2 rings (SSSR count). The summed E-state index contributed by atoms with van der Waals surface area (Å²) < 4.78 is 5.95. The first-order chi connectivity index (χ1) is 8.93. The van der Waals surface area contributed by atoms with E-state index < -0.39 is 0 Å². The molecular formula is C13H16BrClN2O2. The first kappa shape index (κ1) is 14.6. The van der Waals surface area contributed by atoms with Crippen LogP contribution in [0.5, 0.6) is 5.75 Å². The van der Waals surface area contributed by atoms with E-state index in [1.165, 1.54) is 0 Å². The summed E-state index contributed by atoms with van der Waals surface area (Å²) in [4.78, 5) is 12.0. The maximum absolute atomic E-state index is 12.0. The largest absolute Gasteiger partial charge is 0.493 e. The molecule has 1 amide bonds. The third-order valence-electron chi connectivity index (χ3n) is 3.35. The van der Waals surface area contributed by atoms with Crippen LogP contribution in [-0.2, 0) is 4.79 Å². The molecule has 0 unspecified atom stereocenters. The van der Waals surface area contributed by atoms with Crippen molar-refractivity contribution in [3.63, 3.8) is 0 Å². The lowest BCUT2D eigenvalue weighted by molar-refractivity contribution is -0.118. The average molecular weight is 348 g/mol. The van der Waals surface area contributed by atoms with Crippen LogP contribution in [0.1, 0.15) is 25.7 Å². The lowest BCUT2D eigenvalue weighted by atomic mass is 9.75. The number of nitrogens with two attached hydrogens (primary N) is 1. The molecule has 0 aliphatic heterocycles. The quantitative estimate of drug-likeness (QED) is 0.878. The Morgan fingerprint density at radius 3 is 2.79 bits per heavy atom. The van der Waals surface area contributed by atoms with Crippen LogP contribution in [0.25, 0.3) is 0 Å². The highest BCUT2D eigenvalue weighted by Gasteiger charge is 2.34. The number of hydrogen-bond donors (Lipinski definition) is 2. The molecule has 1 aliphatic carbocycles. The Bertz CT molecular complexity index is 504. The first-order valence-corrected chi connectivity index (χ1v) is 7.22. The van der Waals surface area contributed by atoms with Crippen LogP contribution < -0.4 is 15.8 Å². The van der Waals surface area contributed by atoms with Gasteiger partial charge in [0.1, 0.15) is 0 Å². The molecule has 19 heavy (non-hydrogen) atoms. The molecule has 6 heteroatoms. The van der Waals surface area contributed by atoms with Gasteiger partial charge in [0.15, 0.2) is 5.75 Å². The van der Waals surface area contributed by atoms with Crippen LogP contribution in [-0.4, -0.2) is 18.6 Å². The van der Waals surface area contributed by atoms with Crippen molar-refractivity contribution in [3.05, 3.63) is 21.6 Å². The Morgan fingerprint density at radius 1 is 1.58 bits per heavy atom. The van der Waals surface area contributed by atoms with Crippen molar-refractivity contribution in [3.8, 4) is 5.75 Å². The summed E-state index contributed by atoms with van der Waals surface area (Å²) in [6.07, 6.45) is 3.21. The molecule has 0 radical (unpaired) electrons. The van der Waals surface area contributed by atoms with Gasteiger partial charge in [-0.3, -0.25) is 4.79 Å². The van der Waals surface area contributed by atoms with Crippen molar-refractivity contribution < 1.29 is 9.53 Å². The number of nitrogens with one attached hydrogen (secondary N) is 1. The van der Waals surface area contributed by atoms with Crippen LogP contribution in [0.3, 0.4) is 0 Å². The summed E-state index contributed by atoms with van der Waals surface area (Å²) >= 11 is 9.32. The number of carbonyl (C=O) groups is 1. The average Bonchev–Trinajstić information content (AvgIpc) is 2.26. The zero-order chi connectivity index (χ0) is 14.0. The molecule has 0 spiro atoms. The molecule has 1 aromatic carbocycles. The molecule has 0 atom stereocenters. The second-order valence-electron chi connectivity index (χ2n) is 4.91. The summed E-state index contributed by atoms with van der Waals surface area (Å²) in [6.45, 7) is 0. The minimum absolute atomic E-state index is 0.116.